The van der Waals surface area contributed by atoms with Gasteiger partial charge in [-0.3, -0.25) is 9.88 Å². The van der Waals surface area contributed by atoms with E-state index in [0.29, 0.717) is 30.4 Å². The Kier molecular flexibility index (Phi) is 9.33. The van der Waals surface area contributed by atoms with Crippen molar-refractivity contribution in [3.8, 4) is 28.5 Å². The predicted molar refractivity (Wildman–Crippen MR) is 164 cm³/mol. The summed E-state index contributed by atoms with van der Waals surface area (Å²) in [5.74, 6) is 0.516. The highest BCUT2D eigenvalue weighted by molar-refractivity contribution is 7.07. The molecule has 0 fully saturated rings. The minimum absolute atomic E-state index is 0.305. The van der Waals surface area contributed by atoms with Crippen LogP contribution < -0.4 is 14.9 Å². The van der Waals surface area contributed by atoms with Gasteiger partial charge in [-0.15, -0.1) is 29.6 Å². The first kappa shape index (κ1) is 31.2. The summed E-state index contributed by atoms with van der Waals surface area (Å²) in [6.45, 7) is 8.96. The fourth-order valence-electron chi connectivity index (χ4n) is 4.75. The number of aryl methyl sites for hydroxylation is 2. The second-order valence-corrected chi connectivity index (χ2v) is 11.5. The lowest BCUT2D eigenvalue weighted by Gasteiger charge is -2.16. The van der Waals surface area contributed by atoms with Gasteiger partial charge in [0.2, 0.25) is 6.35 Å². The molecule has 0 aliphatic carbocycles. The molecule has 0 radical (unpaired) electrons. The van der Waals surface area contributed by atoms with E-state index in [1.165, 1.54) is 52.2 Å². The van der Waals surface area contributed by atoms with Crippen LogP contribution in [0.5, 0.6) is 5.75 Å². The highest BCUT2D eigenvalue weighted by atomic mass is 32.1. The Bertz CT molecular complexity index is 1770. The summed E-state index contributed by atoms with van der Waals surface area (Å²) in [7, 11) is 0. The first-order valence-electron chi connectivity index (χ1n) is 14.1. The van der Waals surface area contributed by atoms with E-state index in [0.717, 1.165) is 32.9 Å². The molecule has 12 heteroatoms. The number of nitrogens with one attached hydrogen (secondary N) is 1. The third kappa shape index (κ3) is 7.62. The van der Waals surface area contributed by atoms with Gasteiger partial charge < -0.3 is 9.84 Å². The Balaban J connectivity index is 1.20. The van der Waals surface area contributed by atoms with E-state index in [2.05, 4.69) is 68.7 Å². The van der Waals surface area contributed by atoms with Crippen LogP contribution in [0.1, 0.15) is 42.1 Å². The normalized spacial score (nSPS) is 13.1. The zero-order valence-corrected chi connectivity index (χ0v) is 25.5. The van der Waals surface area contributed by atoms with Crippen molar-refractivity contribution in [2.75, 3.05) is 6.54 Å². The molecule has 0 bridgehead atoms. The Morgan fingerprint density at radius 1 is 1.02 bits per heavy atom. The molecule has 230 valence electrons. The van der Waals surface area contributed by atoms with Crippen LogP contribution in [0.15, 0.2) is 83.4 Å². The topological polar surface area (TPSA) is 89.5 Å². The van der Waals surface area contributed by atoms with Crippen LogP contribution in [0.3, 0.4) is 0 Å². The monoisotopic (exact) mass is 622 g/mol. The molecule has 1 atom stereocenters. The van der Waals surface area contributed by atoms with E-state index in [-0.39, 0.29) is 5.75 Å². The van der Waals surface area contributed by atoms with E-state index in [4.69, 9.17) is 0 Å². The van der Waals surface area contributed by atoms with Gasteiger partial charge in [-0.05, 0) is 73.2 Å². The van der Waals surface area contributed by atoms with Crippen LogP contribution in [0.4, 0.5) is 13.2 Å². The van der Waals surface area contributed by atoms with Gasteiger partial charge in [0.1, 0.15) is 12.1 Å². The number of aliphatic hydroxyl groups excluding tert-OH is 1. The third-order valence-electron chi connectivity index (χ3n) is 6.94. The number of halogens is 3. The number of nitrogens with zero attached hydrogens (tertiary/aromatic N) is 5. The molecule has 0 spiro atoms. The number of benzene rings is 3. The molecule has 2 aromatic heterocycles. The summed E-state index contributed by atoms with van der Waals surface area (Å²) in [6, 6.07) is 19.6. The van der Waals surface area contributed by atoms with Crippen molar-refractivity contribution in [3.05, 3.63) is 106 Å². The summed E-state index contributed by atoms with van der Waals surface area (Å²) < 4.78 is 44.7. The SMILES string of the molecule is Cc1ccc(C(C)C)c(-n2c(C)cs/c2=N\C(O)NCCc2ccc(-c3ncn(-c4ccc(OC(F)(F)F)cc4)n3)cc2)c1. The number of thiazole rings is 1. The molecule has 44 heavy (non-hydrogen) atoms. The molecule has 0 aliphatic heterocycles. The fourth-order valence-corrected chi connectivity index (χ4v) is 5.64. The first-order chi connectivity index (χ1) is 21.0. The van der Waals surface area contributed by atoms with Crippen molar-refractivity contribution in [1.29, 1.82) is 0 Å². The van der Waals surface area contributed by atoms with Gasteiger partial charge >= 0.3 is 6.36 Å². The lowest BCUT2D eigenvalue weighted by Crippen LogP contribution is -2.32. The maximum Gasteiger partial charge on any atom is 0.573 e. The van der Waals surface area contributed by atoms with Gasteiger partial charge in [-0.2, -0.15) is 0 Å². The average molecular weight is 623 g/mol. The van der Waals surface area contributed by atoms with Crippen molar-refractivity contribution in [3.63, 3.8) is 0 Å². The van der Waals surface area contributed by atoms with Crippen LogP contribution in [0, 0.1) is 13.8 Å². The Labute approximate surface area is 257 Å². The summed E-state index contributed by atoms with van der Waals surface area (Å²) in [6.07, 6.45) is -3.64. The highest BCUT2D eigenvalue weighted by Crippen LogP contribution is 2.26. The van der Waals surface area contributed by atoms with Gasteiger partial charge in [0, 0.05) is 23.2 Å². The average Bonchev–Trinajstić information content (AvgIpc) is 3.60. The molecule has 5 rings (SSSR count). The minimum atomic E-state index is -4.74. The van der Waals surface area contributed by atoms with Crippen molar-refractivity contribution < 1.29 is 23.0 Å². The lowest BCUT2D eigenvalue weighted by atomic mass is 9.99. The van der Waals surface area contributed by atoms with Gasteiger partial charge in [0.15, 0.2) is 10.6 Å². The molecular formula is C32H33F3N6O2S. The molecule has 3 aromatic carbocycles. The first-order valence-corrected chi connectivity index (χ1v) is 15.0. The number of aromatic nitrogens is 4. The number of hydrogen-bond acceptors (Lipinski definition) is 7. The van der Waals surface area contributed by atoms with Crippen molar-refractivity contribution >= 4 is 11.3 Å². The number of ether oxygens (including phenoxy) is 1. The molecule has 5 aromatic rings. The molecule has 2 heterocycles. The number of aliphatic hydroxyl groups is 1. The zero-order valence-electron chi connectivity index (χ0n) is 24.7. The van der Waals surface area contributed by atoms with Crippen molar-refractivity contribution in [2.24, 2.45) is 4.99 Å². The molecule has 0 saturated heterocycles. The van der Waals surface area contributed by atoms with Crippen LogP contribution in [-0.2, 0) is 6.42 Å². The quantitative estimate of drug-likeness (QED) is 0.175. The zero-order chi connectivity index (χ0) is 31.4. The van der Waals surface area contributed by atoms with Gasteiger partial charge in [0.25, 0.3) is 0 Å². The number of rotatable bonds is 10. The summed E-state index contributed by atoms with van der Waals surface area (Å²) in [5.41, 5.74) is 6.92. The Morgan fingerprint density at radius 2 is 1.75 bits per heavy atom. The van der Waals surface area contributed by atoms with Gasteiger partial charge in [0.05, 0.1) is 11.4 Å². The molecule has 8 nitrogen and oxygen atoms in total. The minimum Gasteiger partial charge on any atom is -0.406 e. The van der Waals surface area contributed by atoms with E-state index in [1.807, 2.05) is 36.6 Å². The van der Waals surface area contributed by atoms with E-state index >= 15 is 0 Å². The van der Waals surface area contributed by atoms with E-state index in [1.54, 1.807) is 0 Å². The molecule has 2 N–H and O–H groups in total. The second-order valence-electron chi connectivity index (χ2n) is 10.7. The summed E-state index contributed by atoms with van der Waals surface area (Å²) in [5, 5.41) is 20.3. The van der Waals surface area contributed by atoms with Crippen molar-refractivity contribution in [1.82, 2.24) is 24.6 Å². The standard InChI is InChI=1S/C32H33F3N6O2S/c1-20(2)27-14-5-21(3)17-28(27)41-22(4)18-44-31(41)38-30(42)36-16-15-23-6-8-24(9-7-23)29-37-19-40(39-29)25-10-12-26(13-11-25)43-32(33,34)35/h5-14,17-20,30,36,42H,15-16H2,1-4H3/b38-31-. The van der Waals surface area contributed by atoms with Gasteiger partial charge in [-0.25, -0.2) is 14.7 Å². The van der Waals surface area contributed by atoms with Gasteiger partial charge in [-0.1, -0.05) is 50.2 Å². The largest absolute Gasteiger partial charge is 0.573 e. The molecular weight excluding hydrogens is 589 g/mol. The van der Waals surface area contributed by atoms with Crippen LogP contribution in [0.25, 0.3) is 22.8 Å². The van der Waals surface area contributed by atoms with E-state index in [9.17, 15) is 18.3 Å². The van der Waals surface area contributed by atoms with Crippen LogP contribution >= 0.6 is 11.3 Å². The predicted octanol–water partition coefficient (Wildman–Crippen LogP) is 6.43. The Morgan fingerprint density at radius 3 is 2.43 bits per heavy atom. The number of alkyl halides is 3. The smallest absolute Gasteiger partial charge is 0.406 e. The lowest BCUT2D eigenvalue weighted by molar-refractivity contribution is -0.274. The summed E-state index contributed by atoms with van der Waals surface area (Å²) in [4.78, 5) is 9.62. The van der Waals surface area contributed by atoms with Crippen LogP contribution in [0.2, 0.25) is 0 Å². The summed E-state index contributed by atoms with van der Waals surface area (Å²) >= 11 is 1.49. The fraction of sp³-hybridized carbons (Fsp3) is 0.281. The Hall–Kier alpha value is -4.26. The third-order valence-corrected chi connectivity index (χ3v) is 7.90. The second kappa shape index (κ2) is 13.2. The molecule has 0 saturated carbocycles. The van der Waals surface area contributed by atoms with Crippen LogP contribution in [-0.4, -0.2) is 43.7 Å². The highest BCUT2D eigenvalue weighted by Gasteiger charge is 2.31. The van der Waals surface area contributed by atoms with E-state index < -0.39 is 12.7 Å². The number of hydrogen-bond donors (Lipinski definition) is 2. The van der Waals surface area contributed by atoms with Crippen molar-refractivity contribution in [2.45, 2.75) is 52.7 Å². The molecule has 0 amide bonds. The maximum absolute atomic E-state index is 12.4. The maximum atomic E-state index is 12.4. The molecule has 1 unspecified atom stereocenters. The molecule has 0 aliphatic rings.